The van der Waals surface area contributed by atoms with Gasteiger partial charge in [-0.25, -0.2) is 23.7 Å². The van der Waals surface area contributed by atoms with Crippen molar-refractivity contribution in [3.05, 3.63) is 59.3 Å². The molecule has 0 bridgehead atoms. The van der Waals surface area contributed by atoms with Gasteiger partial charge in [0, 0.05) is 6.54 Å². The number of aromatic nitrogens is 3. The van der Waals surface area contributed by atoms with Gasteiger partial charge in [0.25, 0.3) is 0 Å². The van der Waals surface area contributed by atoms with Crippen LogP contribution in [0.1, 0.15) is 17.0 Å². The highest BCUT2D eigenvalue weighted by Gasteiger charge is 2.29. The van der Waals surface area contributed by atoms with E-state index in [1.54, 1.807) is 0 Å². The Bertz CT molecular complexity index is 909. The summed E-state index contributed by atoms with van der Waals surface area (Å²) < 4.78 is 64.0. The number of alkyl halides is 4. The molecule has 136 valence electrons. The van der Waals surface area contributed by atoms with E-state index >= 15 is 0 Å². The lowest BCUT2D eigenvalue weighted by Crippen LogP contribution is -2.10. The lowest BCUT2D eigenvalue weighted by molar-refractivity contribution is -0.137. The molecule has 0 saturated heterocycles. The number of benzene rings is 1. The minimum absolute atomic E-state index is 0.0892. The average Bonchev–Trinajstić information content (AvgIpc) is 2.61. The van der Waals surface area contributed by atoms with Gasteiger partial charge in [0.05, 0.1) is 17.1 Å². The Kier molecular flexibility index (Phi) is 4.97. The molecule has 0 unspecified atom stereocenters. The molecule has 0 spiro atoms. The first-order valence-electron chi connectivity index (χ1n) is 7.65. The molecular formula is C17H13F5N4. The predicted molar refractivity (Wildman–Crippen MR) is 85.7 cm³/mol. The number of pyridine rings is 1. The molecule has 3 rings (SSSR count). The summed E-state index contributed by atoms with van der Waals surface area (Å²) in [6.07, 6.45) is -3.00. The van der Waals surface area contributed by atoms with E-state index in [-0.39, 0.29) is 17.3 Å². The van der Waals surface area contributed by atoms with Crippen LogP contribution in [0.25, 0.3) is 11.0 Å². The summed E-state index contributed by atoms with van der Waals surface area (Å²) in [5.41, 5.74) is 0.120. The number of halogens is 5. The van der Waals surface area contributed by atoms with Gasteiger partial charge in [0.15, 0.2) is 11.5 Å². The largest absolute Gasteiger partial charge is 0.416 e. The number of anilines is 1. The van der Waals surface area contributed by atoms with Crippen molar-refractivity contribution in [1.82, 2.24) is 15.0 Å². The van der Waals surface area contributed by atoms with Crippen molar-refractivity contribution >= 4 is 16.9 Å². The Balaban J connectivity index is 1.74. The number of nitrogens with zero attached hydrogens (tertiary/aromatic N) is 3. The van der Waals surface area contributed by atoms with Gasteiger partial charge >= 0.3 is 6.18 Å². The second-order valence-corrected chi connectivity index (χ2v) is 5.52. The fourth-order valence-corrected chi connectivity index (χ4v) is 2.41. The number of fused-ring (bicyclic) bond motifs is 1. The van der Waals surface area contributed by atoms with E-state index in [0.717, 1.165) is 18.3 Å². The third kappa shape index (κ3) is 4.04. The molecule has 1 aromatic carbocycles. The highest BCUT2D eigenvalue weighted by molar-refractivity contribution is 5.86. The van der Waals surface area contributed by atoms with Gasteiger partial charge in [0.1, 0.15) is 18.3 Å². The van der Waals surface area contributed by atoms with Gasteiger partial charge in [-0.05, 0) is 30.2 Å². The molecule has 0 fully saturated rings. The zero-order valence-corrected chi connectivity index (χ0v) is 13.3. The minimum atomic E-state index is -4.38. The molecule has 2 heterocycles. The van der Waals surface area contributed by atoms with Crippen molar-refractivity contribution in [1.29, 1.82) is 0 Å². The van der Waals surface area contributed by atoms with Crippen LogP contribution in [0, 0.1) is 5.82 Å². The van der Waals surface area contributed by atoms with Crippen molar-refractivity contribution in [2.75, 3.05) is 11.9 Å². The van der Waals surface area contributed by atoms with Gasteiger partial charge in [-0.1, -0.05) is 12.1 Å². The summed E-state index contributed by atoms with van der Waals surface area (Å²) in [5.74, 6) is -0.449. The molecule has 0 aliphatic heterocycles. The summed E-state index contributed by atoms with van der Waals surface area (Å²) in [5, 5.41) is 3.24. The molecule has 4 nitrogen and oxygen atoms in total. The highest BCUT2D eigenvalue weighted by atomic mass is 19.4. The molecule has 0 saturated carbocycles. The van der Waals surface area contributed by atoms with Crippen molar-refractivity contribution in [2.45, 2.75) is 19.3 Å². The summed E-state index contributed by atoms with van der Waals surface area (Å²) in [6, 6.07) is 5.98. The third-order valence-electron chi connectivity index (χ3n) is 3.67. The topological polar surface area (TPSA) is 50.7 Å². The van der Waals surface area contributed by atoms with E-state index < -0.39 is 24.2 Å². The van der Waals surface area contributed by atoms with Crippen molar-refractivity contribution in [3.8, 4) is 0 Å². The standard InChI is InChI=1S/C17H13F5N4/c18-8-14-25-15(13-7-12(19)9-24-16(13)26-14)23-6-5-10-1-3-11(4-2-10)17(20,21)22/h1-4,7,9H,5-6,8H2,(H,23,24,25,26). The van der Waals surface area contributed by atoms with Crippen LogP contribution < -0.4 is 5.32 Å². The van der Waals surface area contributed by atoms with Crippen LogP contribution in [-0.4, -0.2) is 21.5 Å². The summed E-state index contributed by atoms with van der Waals surface area (Å²) in [6.45, 7) is -0.595. The Labute approximate surface area is 145 Å². The van der Waals surface area contributed by atoms with Crippen LogP contribution in [-0.2, 0) is 19.3 Å². The number of hydrogen-bond donors (Lipinski definition) is 1. The fourth-order valence-electron chi connectivity index (χ4n) is 2.41. The maximum Gasteiger partial charge on any atom is 0.416 e. The number of nitrogens with one attached hydrogen (secondary N) is 1. The lowest BCUT2D eigenvalue weighted by Gasteiger charge is -2.10. The normalized spacial score (nSPS) is 11.7. The molecule has 9 heteroatoms. The van der Waals surface area contributed by atoms with Crippen LogP contribution in [0.15, 0.2) is 36.5 Å². The minimum Gasteiger partial charge on any atom is -0.369 e. The monoisotopic (exact) mass is 368 g/mol. The van der Waals surface area contributed by atoms with Crippen molar-refractivity contribution in [3.63, 3.8) is 0 Å². The van der Waals surface area contributed by atoms with Crippen molar-refractivity contribution < 1.29 is 22.0 Å². The summed E-state index contributed by atoms with van der Waals surface area (Å²) in [7, 11) is 0. The van der Waals surface area contributed by atoms with Crippen LogP contribution in [0.3, 0.4) is 0 Å². The Morgan fingerprint density at radius 3 is 2.42 bits per heavy atom. The summed E-state index contributed by atoms with van der Waals surface area (Å²) >= 11 is 0. The molecule has 0 radical (unpaired) electrons. The van der Waals surface area contributed by atoms with Crippen molar-refractivity contribution in [2.24, 2.45) is 0 Å². The first-order chi connectivity index (χ1) is 12.4. The molecule has 26 heavy (non-hydrogen) atoms. The van der Waals surface area contributed by atoms with Gasteiger partial charge in [0.2, 0.25) is 0 Å². The number of hydrogen-bond acceptors (Lipinski definition) is 4. The van der Waals surface area contributed by atoms with Crippen LogP contribution in [0.5, 0.6) is 0 Å². The van der Waals surface area contributed by atoms with E-state index in [1.807, 2.05) is 0 Å². The van der Waals surface area contributed by atoms with E-state index in [2.05, 4.69) is 20.3 Å². The van der Waals surface area contributed by atoms with Gasteiger partial charge in [-0.2, -0.15) is 13.2 Å². The Morgan fingerprint density at radius 1 is 1.04 bits per heavy atom. The highest BCUT2D eigenvalue weighted by Crippen LogP contribution is 2.29. The van der Waals surface area contributed by atoms with Crippen LogP contribution in [0.2, 0.25) is 0 Å². The molecule has 3 aromatic rings. The fraction of sp³-hybridized carbons (Fsp3) is 0.235. The average molecular weight is 368 g/mol. The van der Waals surface area contributed by atoms with E-state index in [4.69, 9.17) is 0 Å². The second kappa shape index (κ2) is 7.19. The number of rotatable bonds is 5. The first-order valence-corrected chi connectivity index (χ1v) is 7.65. The molecule has 0 atom stereocenters. The molecule has 2 aromatic heterocycles. The molecule has 1 N–H and O–H groups in total. The van der Waals surface area contributed by atoms with Crippen LogP contribution >= 0.6 is 0 Å². The molecular weight excluding hydrogens is 355 g/mol. The first kappa shape index (κ1) is 18.0. The third-order valence-corrected chi connectivity index (χ3v) is 3.67. The zero-order valence-electron chi connectivity index (χ0n) is 13.3. The molecule has 0 aliphatic carbocycles. The Morgan fingerprint density at radius 2 is 1.77 bits per heavy atom. The SMILES string of the molecule is FCc1nc(NCCc2ccc(C(F)(F)F)cc2)c2cc(F)cnc2n1. The predicted octanol–water partition coefficient (Wildman–Crippen LogP) is 4.31. The molecule has 0 amide bonds. The summed E-state index contributed by atoms with van der Waals surface area (Å²) in [4.78, 5) is 11.7. The van der Waals surface area contributed by atoms with E-state index in [1.165, 1.54) is 18.2 Å². The van der Waals surface area contributed by atoms with Gasteiger partial charge in [-0.15, -0.1) is 0 Å². The molecule has 0 aliphatic rings. The van der Waals surface area contributed by atoms with E-state index in [0.29, 0.717) is 23.9 Å². The van der Waals surface area contributed by atoms with Gasteiger partial charge in [-0.3, -0.25) is 0 Å². The lowest BCUT2D eigenvalue weighted by atomic mass is 10.1. The van der Waals surface area contributed by atoms with Gasteiger partial charge < -0.3 is 5.32 Å². The maximum absolute atomic E-state index is 13.4. The quantitative estimate of drug-likeness (QED) is 0.682. The van der Waals surface area contributed by atoms with Crippen LogP contribution in [0.4, 0.5) is 27.8 Å². The maximum atomic E-state index is 13.4. The van der Waals surface area contributed by atoms with E-state index in [9.17, 15) is 22.0 Å². The zero-order chi connectivity index (χ0) is 18.7. The Hall–Kier alpha value is -2.84. The second-order valence-electron chi connectivity index (χ2n) is 5.52. The smallest absolute Gasteiger partial charge is 0.369 e.